The van der Waals surface area contributed by atoms with Crippen LogP contribution >= 0.6 is 31.9 Å². The minimum Gasteiger partial charge on any atom is -0.288 e. The number of ketones is 1. The van der Waals surface area contributed by atoms with E-state index in [9.17, 15) is 18.0 Å². The lowest BCUT2D eigenvalue weighted by Crippen LogP contribution is -2.09. The highest BCUT2D eigenvalue weighted by Crippen LogP contribution is 2.27. The maximum atomic E-state index is 13.8. The van der Waals surface area contributed by atoms with E-state index in [4.69, 9.17) is 0 Å². The Bertz CT molecular complexity index is 671. The molecular weight excluding hydrogens is 389 g/mol. The lowest BCUT2D eigenvalue weighted by Gasteiger charge is -2.07. The van der Waals surface area contributed by atoms with Crippen molar-refractivity contribution in [1.29, 1.82) is 0 Å². The molecule has 0 heterocycles. The largest absolute Gasteiger partial charge is 0.288 e. The molecule has 0 saturated heterocycles. The van der Waals surface area contributed by atoms with Crippen LogP contribution in [0.3, 0.4) is 0 Å². The zero-order chi connectivity index (χ0) is 14.2. The van der Waals surface area contributed by atoms with Crippen LogP contribution in [0.4, 0.5) is 13.2 Å². The molecule has 0 radical (unpaired) electrons. The Kier molecular flexibility index (Phi) is 4.10. The second-order valence-electron chi connectivity index (χ2n) is 3.67. The number of rotatable bonds is 2. The highest BCUT2D eigenvalue weighted by molar-refractivity contribution is 9.10. The Hall–Kier alpha value is -1.14. The van der Waals surface area contributed by atoms with Crippen LogP contribution < -0.4 is 0 Å². The van der Waals surface area contributed by atoms with Gasteiger partial charge in [0.1, 0.15) is 11.6 Å². The number of hydrogen-bond donors (Lipinski definition) is 0. The lowest BCUT2D eigenvalue weighted by molar-refractivity contribution is 0.103. The van der Waals surface area contributed by atoms with Gasteiger partial charge in [-0.25, -0.2) is 13.2 Å². The standard InChI is InChI=1S/C13H5Br2F3O/c14-8-2-1-6(16)5-7(8)13(19)11-10(17)4-3-9(15)12(11)18/h1-5H. The minimum atomic E-state index is -1.01. The molecule has 19 heavy (non-hydrogen) atoms. The van der Waals surface area contributed by atoms with Gasteiger partial charge in [0.05, 0.1) is 10.0 Å². The van der Waals surface area contributed by atoms with E-state index in [2.05, 4.69) is 31.9 Å². The fourth-order valence-corrected chi connectivity index (χ4v) is 2.30. The van der Waals surface area contributed by atoms with E-state index in [0.29, 0.717) is 0 Å². The fourth-order valence-electron chi connectivity index (χ4n) is 1.54. The molecule has 2 aromatic carbocycles. The van der Waals surface area contributed by atoms with Gasteiger partial charge in [-0.15, -0.1) is 0 Å². The molecule has 0 aliphatic rings. The first-order valence-electron chi connectivity index (χ1n) is 5.05. The van der Waals surface area contributed by atoms with Crippen LogP contribution in [-0.2, 0) is 0 Å². The van der Waals surface area contributed by atoms with Crippen molar-refractivity contribution < 1.29 is 18.0 Å². The highest BCUT2D eigenvalue weighted by atomic mass is 79.9. The second-order valence-corrected chi connectivity index (χ2v) is 5.38. The Morgan fingerprint density at radius 1 is 0.947 bits per heavy atom. The van der Waals surface area contributed by atoms with E-state index in [0.717, 1.165) is 24.3 Å². The first-order chi connectivity index (χ1) is 8.91. The molecule has 0 unspecified atom stereocenters. The molecule has 6 heteroatoms. The normalized spacial score (nSPS) is 10.6. The summed E-state index contributed by atoms with van der Waals surface area (Å²) in [5.41, 5.74) is -0.864. The topological polar surface area (TPSA) is 17.1 Å². The molecule has 98 valence electrons. The Balaban J connectivity index is 2.63. The molecule has 0 amide bonds. The molecule has 0 bridgehead atoms. The van der Waals surface area contributed by atoms with Crippen molar-refractivity contribution in [2.45, 2.75) is 0 Å². The molecule has 0 atom stereocenters. The van der Waals surface area contributed by atoms with Gasteiger partial charge in [0, 0.05) is 10.0 Å². The molecule has 0 saturated carbocycles. The van der Waals surface area contributed by atoms with Crippen molar-refractivity contribution in [2.75, 3.05) is 0 Å². The average Bonchev–Trinajstić information content (AvgIpc) is 2.37. The fraction of sp³-hybridized carbons (Fsp3) is 0. The molecule has 1 nitrogen and oxygen atoms in total. The van der Waals surface area contributed by atoms with Gasteiger partial charge in [-0.05, 0) is 46.3 Å². The van der Waals surface area contributed by atoms with Gasteiger partial charge in [-0.3, -0.25) is 4.79 Å². The number of hydrogen-bond acceptors (Lipinski definition) is 1. The van der Waals surface area contributed by atoms with Gasteiger partial charge < -0.3 is 0 Å². The molecule has 2 aromatic rings. The predicted octanol–water partition coefficient (Wildman–Crippen LogP) is 4.86. The van der Waals surface area contributed by atoms with E-state index in [1.54, 1.807) is 0 Å². The van der Waals surface area contributed by atoms with Crippen molar-refractivity contribution in [2.24, 2.45) is 0 Å². The van der Waals surface area contributed by atoms with E-state index in [-0.39, 0.29) is 14.5 Å². The summed E-state index contributed by atoms with van der Waals surface area (Å²) in [6.07, 6.45) is 0. The van der Waals surface area contributed by atoms with E-state index in [1.807, 2.05) is 0 Å². The number of benzene rings is 2. The molecular formula is C13H5Br2F3O. The van der Waals surface area contributed by atoms with Gasteiger partial charge in [0.2, 0.25) is 0 Å². The summed E-state index contributed by atoms with van der Waals surface area (Å²) in [6.45, 7) is 0. The monoisotopic (exact) mass is 392 g/mol. The predicted molar refractivity (Wildman–Crippen MR) is 71.6 cm³/mol. The minimum absolute atomic E-state index is 0.0372. The summed E-state index contributed by atoms with van der Waals surface area (Å²) in [6, 6.07) is 5.48. The van der Waals surface area contributed by atoms with E-state index >= 15 is 0 Å². The molecule has 0 spiro atoms. The molecule has 0 fully saturated rings. The van der Waals surface area contributed by atoms with Crippen molar-refractivity contribution in [3.63, 3.8) is 0 Å². The third kappa shape index (κ3) is 2.74. The van der Waals surface area contributed by atoms with Gasteiger partial charge in [0.15, 0.2) is 11.6 Å². The van der Waals surface area contributed by atoms with Crippen LogP contribution in [0.2, 0.25) is 0 Å². The number of carbonyl (C=O) groups excluding carboxylic acids is 1. The lowest BCUT2D eigenvalue weighted by atomic mass is 10.0. The zero-order valence-electron chi connectivity index (χ0n) is 9.18. The Morgan fingerprint density at radius 2 is 1.58 bits per heavy atom. The Labute approximate surface area is 123 Å². The van der Waals surface area contributed by atoms with Crippen LogP contribution in [0.5, 0.6) is 0 Å². The molecule has 0 aliphatic carbocycles. The van der Waals surface area contributed by atoms with Crippen molar-refractivity contribution in [3.8, 4) is 0 Å². The summed E-state index contributed by atoms with van der Waals surface area (Å²) >= 11 is 5.93. The van der Waals surface area contributed by atoms with Gasteiger partial charge in [0.25, 0.3) is 0 Å². The molecule has 0 aromatic heterocycles. The van der Waals surface area contributed by atoms with Crippen molar-refractivity contribution in [3.05, 3.63) is 67.9 Å². The third-order valence-corrected chi connectivity index (χ3v) is 3.75. The number of halogens is 5. The quantitative estimate of drug-likeness (QED) is 0.526. The van der Waals surface area contributed by atoms with Crippen LogP contribution in [-0.4, -0.2) is 5.78 Å². The first-order valence-corrected chi connectivity index (χ1v) is 6.63. The summed E-state index contributed by atoms with van der Waals surface area (Å²) in [7, 11) is 0. The van der Waals surface area contributed by atoms with Crippen LogP contribution in [0.25, 0.3) is 0 Å². The van der Waals surface area contributed by atoms with Gasteiger partial charge in [-0.2, -0.15) is 0 Å². The van der Waals surface area contributed by atoms with E-state index in [1.165, 1.54) is 6.07 Å². The zero-order valence-corrected chi connectivity index (χ0v) is 12.4. The van der Waals surface area contributed by atoms with E-state index < -0.39 is 28.8 Å². The first kappa shape index (κ1) is 14.3. The van der Waals surface area contributed by atoms with Crippen molar-refractivity contribution in [1.82, 2.24) is 0 Å². The summed E-state index contributed by atoms with van der Waals surface area (Å²) in [4.78, 5) is 12.1. The summed E-state index contributed by atoms with van der Waals surface area (Å²) in [5.74, 6) is -3.60. The summed E-state index contributed by atoms with van der Waals surface area (Å²) in [5, 5.41) is 0. The van der Waals surface area contributed by atoms with Crippen LogP contribution in [0.1, 0.15) is 15.9 Å². The maximum absolute atomic E-state index is 13.8. The average molecular weight is 394 g/mol. The van der Waals surface area contributed by atoms with Crippen LogP contribution in [0, 0.1) is 17.5 Å². The van der Waals surface area contributed by atoms with Crippen LogP contribution in [0.15, 0.2) is 39.3 Å². The third-order valence-electron chi connectivity index (χ3n) is 2.44. The molecule has 0 aliphatic heterocycles. The number of carbonyl (C=O) groups is 1. The highest BCUT2D eigenvalue weighted by Gasteiger charge is 2.23. The smallest absolute Gasteiger partial charge is 0.200 e. The molecule has 0 N–H and O–H groups in total. The maximum Gasteiger partial charge on any atom is 0.200 e. The Morgan fingerprint density at radius 3 is 2.26 bits per heavy atom. The van der Waals surface area contributed by atoms with Crippen molar-refractivity contribution >= 4 is 37.6 Å². The van der Waals surface area contributed by atoms with Gasteiger partial charge >= 0.3 is 0 Å². The second kappa shape index (κ2) is 5.46. The summed E-state index contributed by atoms with van der Waals surface area (Å²) < 4.78 is 40.8. The van der Waals surface area contributed by atoms with Gasteiger partial charge in [-0.1, -0.05) is 15.9 Å². The SMILES string of the molecule is O=C(c1cc(F)ccc1Br)c1c(F)ccc(Br)c1F. The molecule has 2 rings (SSSR count).